The molecule has 0 radical (unpaired) electrons. The molecule has 1 aliphatic heterocycles. The number of rotatable bonds is 6. The van der Waals surface area contributed by atoms with E-state index in [4.69, 9.17) is 14.0 Å². The first-order valence-electron chi connectivity index (χ1n) is 14.8. The van der Waals surface area contributed by atoms with Crippen LogP contribution in [0.4, 0.5) is 0 Å². The predicted octanol–water partition coefficient (Wildman–Crippen LogP) is 5.18. The van der Waals surface area contributed by atoms with Crippen LogP contribution < -0.4 is 20.3 Å². The number of fused-ring (bicyclic) bond motifs is 1. The number of nitrogens with zero attached hydrogens (tertiary/aromatic N) is 1. The molecular weight excluding hydrogens is 582 g/mol. The Kier molecular flexibility index (Phi) is 10.2. The van der Waals surface area contributed by atoms with Gasteiger partial charge in [-0.25, -0.2) is 0 Å². The lowest BCUT2D eigenvalue weighted by Gasteiger charge is -2.33. The molecule has 0 saturated heterocycles. The molecule has 1 fully saturated rings. The lowest BCUT2D eigenvalue weighted by Crippen LogP contribution is -2.33. The maximum Gasteiger partial charge on any atom is 0.294 e. The Hall–Kier alpha value is -3.67. The van der Waals surface area contributed by atoms with E-state index in [2.05, 4.69) is 29.3 Å². The molecule has 1 amide bonds. The third-order valence-corrected chi connectivity index (χ3v) is 9.29. The van der Waals surface area contributed by atoms with Gasteiger partial charge >= 0.3 is 0 Å². The number of amides is 1. The Balaban J connectivity index is 0.000000339. The van der Waals surface area contributed by atoms with Crippen molar-refractivity contribution in [2.24, 2.45) is 0 Å². The summed E-state index contributed by atoms with van der Waals surface area (Å²) in [5, 5.41) is 3.00. The van der Waals surface area contributed by atoms with E-state index in [1.165, 1.54) is 12.1 Å². The number of carbonyl (C=O) groups excluding carboxylic acids is 1. The van der Waals surface area contributed by atoms with E-state index < -0.39 is 10.1 Å². The summed E-state index contributed by atoms with van der Waals surface area (Å²) in [5.41, 5.74) is 5.53. The minimum atomic E-state index is -4.02. The van der Waals surface area contributed by atoms with Crippen LogP contribution in [0.5, 0.6) is 11.5 Å². The summed E-state index contributed by atoms with van der Waals surface area (Å²) in [6, 6.07) is 10.5. The molecule has 44 heavy (non-hydrogen) atoms. The zero-order valence-corrected chi connectivity index (χ0v) is 27.3. The van der Waals surface area contributed by atoms with Crippen LogP contribution in [0.15, 0.2) is 46.1 Å². The topological polar surface area (TPSA) is 138 Å². The van der Waals surface area contributed by atoms with E-state index in [1.807, 2.05) is 46.8 Å². The summed E-state index contributed by atoms with van der Waals surface area (Å²) in [5.74, 6) is 1.47. The first kappa shape index (κ1) is 33.2. The molecule has 2 aliphatic rings. The monoisotopic (exact) mass is 625 g/mol. The van der Waals surface area contributed by atoms with Crippen LogP contribution in [-0.2, 0) is 16.7 Å². The number of nitrogens with one attached hydrogen (secondary N) is 2. The number of aromatic amines is 1. The van der Waals surface area contributed by atoms with Crippen molar-refractivity contribution in [2.45, 2.75) is 90.0 Å². The maximum atomic E-state index is 13.5. The second-order valence-electron chi connectivity index (χ2n) is 12.0. The molecule has 3 aromatic rings. The van der Waals surface area contributed by atoms with Crippen molar-refractivity contribution in [1.29, 1.82) is 0 Å². The van der Waals surface area contributed by atoms with Crippen molar-refractivity contribution >= 4 is 16.0 Å². The van der Waals surface area contributed by atoms with Crippen molar-refractivity contribution in [1.82, 2.24) is 15.2 Å². The molecule has 1 atom stereocenters. The summed E-state index contributed by atoms with van der Waals surface area (Å²) in [7, 11) is 0.240. The van der Waals surface area contributed by atoms with Crippen LogP contribution >= 0.6 is 0 Å². The summed E-state index contributed by atoms with van der Waals surface area (Å²) in [4.78, 5) is 31.0. The van der Waals surface area contributed by atoms with E-state index >= 15 is 0 Å². The third kappa shape index (κ3) is 7.69. The fraction of sp³-hybridized carbons (Fsp3) is 0.455. The van der Waals surface area contributed by atoms with Crippen molar-refractivity contribution < 1.29 is 27.2 Å². The first-order chi connectivity index (χ1) is 20.6. The predicted molar refractivity (Wildman–Crippen MR) is 169 cm³/mol. The van der Waals surface area contributed by atoms with Gasteiger partial charge < -0.3 is 24.7 Å². The van der Waals surface area contributed by atoms with Crippen molar-refractivity contribution in [3.63, 3.8) is 0 Å². The first-order valence-corrected chi connectivity index (χ1v) is 16.3. The Morgan fingerprint density at radius 2 is 1.66 bits per heavy atom. The van der Waals surface area contributed by atoms with Crippen LogP contribution in [0.3, 0.4) is 0 Å². The van der Waals surface area contributed by atoms with Gasteiger partial charge in [-0.3, -0.25) is 14.1 Å². The average molecular weight is 626 g/mol. The third-order valence-electron chi connectivity index (χ3n) is 8.42. The summed E-state index contributed by atoms with van der Waals surface area (Å²) in [6.07, 6.45) is 3.87. The molecule has 2 heterocycles. The Bertz CT molecular complexity index is 1670. The van der Waals surface area contributed by atoms with Crippen molar-refractivity contribution in [3.05, 3.63) is 85.8 Å². The van der Waals surface area contributed by atoms with Crippen molar-refractivity contribution in [3.8, 4) is 11.5 Å². The minimum absolute atomic E-state index is 0.0666. The van der Waals surface area contributed by atoms with Gasteiger partial charge in [0.1, 0.15) is 0 Å². The van der Waals surface area contributed by atoms with E-state index in [9.17, 15) is 18.0 Å². The maximum absolute atomic E-state index is 13.5. The molecule has 1 aliphatic carbocycles. The number of aromatic nitrogens is 1. The number of hydrogen-bond donors (Lipinski definition) is 3. The molecule has 3 N–H and O–H groups in total. The number of H-pyrrole nitrogens is 1. The molecule has 10 nitrogen and oxygen atoms in total. The fourth-order valence-electron chi connectivity index (χ4n) is 5.99. The fourth-order valence-corrected chi connectivity index (χ4v) is 6.47. The Morgan fingerprint density at radius 3 is 2.23 bits per heavy atom. The van der Waals surface area contributed by atoms with Gasteiger partial charge in [0.25, 0.3) is 21.6 Å². The van der Waals surface area contributed by atoms with Gasteiger partial charge in [-0.2, -0.15) is 8.42 Å². The van der Waals surface area contributed by atoms with E-state index in [0.29, 0.717) is 28.7 Å². The summed E-state index contributed by atoms with van der Waals surface area (Å²) >= 11 is 0. The van der Waals surface area contributed by atoms with Gasteiger partial charge in [0, 0.05) is 41.9 Å². The summed E-state index contributed by atoms with van der Waals surface area (Å²) in [6.45, 7) is 9.55. The SMILES string of the molecule is Cc1cc(C)c(CNC(=O)c2c(C)c3c(cc2[C@H]2CC[C@H](N(C)C)CC2)OC(C)O3)c(=O)[nH]1.Cc1ccc(S(=O)(=O)O)cc1. The van der Waals surface area contributed by atoms with E-state index in [-0.39, 0.29) is 35.1 Å². The van der Waals surface area contributed by atoms with Crippen LogP contribution in [-0.4, -0.2) is 55.2 Å². The smallest absolute Gasteiger partial charge is 0.294 e. The highest BCUT2D eigenvalue weighted by Gasteiger charge is 2.33. The zero-order chi connectivity index (χ0) is 32.3. The average Bonchev–Trinajstić information content (AvgIpc) is 3.33. The molecule has 1 unspecified atom stereocenters. The molecule has 11 heteroatoms. The van der Waals surface area contributed by atoms with Gasteiger partial charge in [0.05, 0.1) is 4.90 Å². The number of hydrogen-bond acceptors (Lipinski definition) is 7. The highest BCUT2D eigenvalue weighted by atomic mass is 32.2. The molecule has 0 spiro atoms. The zero-order valence-electron chi connectivity index (χ0n) is 26.5. The molecule has 0 bridgehead atoms. The van der Waals surface area contributed by atoms with Crippen molar-refractivity contribution in [2.75, 3.05) is 14.1 Å². The minimum Gasteiger partial charge on any atom is -0.451 e. The molecular formula is C33H43N3O7S. The van der Waals surface area contributed by atoms with Crippen LogP contribution in [0.25, 0.3) is 0 Å². The Morgan fingerprint density at radius 1 is 1.02 bits per heavy atom. The Labute approximate surface area is 259 Å². The standard InChI is InChI=1S/C26H35N3O4.C7H8O3S/c1-14-11-15(2)28-25(30)21(14)13-27-26(31)23-16(3)24-22(32-17(4)33-24)12-20(23)18-7-9-19(10-8-18)29(5)6;1-6-2-4-7(5-3-6)11(8,9)10/h11-12,17-19H,7-10,13H2,1-6H3,(H,27,31)(H,28,30);2-5H,1H3,(H,8,9,10)/t17?,18-,19-;. The summed E-state index contributed by atoms with van der Waals surface area (Å²) < 4.78 is 41.3. The van der Waals surface area contributed by atoms with Gasteiger partial charge in [0.2, 0.25) is 6.29 Å². The van der Waals surface area contributed by atoms with Crippen LogP contribution in [0, 0.1) is 27.7 Å². The molecule has 1 aromatic heterocycles. The molecule has 2 aromatic carbocycles. The normalized spacial score (nSPS) is 19.3. The number of benzene rings is 2. The number of carbonyl (C=O) groups is 1. The van der Waals surface area contributed by atoms with Gasteiger partial charge in [-0.05, 0) is 109 Å². The van der Waals surface area contributed by atoms with E-state index in [0.717, 1.165) is 53.6 Å². The number of ether oxygens (including phenoxy) is 2. The molecule has 1 saturated carbocycles. The second kappa shape index (κ2) is 13.5. The lowest BCUT2D eigenvalue weighted by atomic mass is 9.78. The molecule has 5 rings (SSSR count). The number of aryl methyl sites for hydroxylation is 3. The lowest BCUT2D eigenvalue weighted by molar-refractivity contribution is 0.0673. The highest BCUT2D eigenvalue weighted by Crippen LogP contribution is 2.45. The van der Waals surface area contributed by atoms with Gasteiger partial charge in [0.15, 0.2) is 11.5 Å². The molecule has 238 valence electrons. The van der Waals surface area contributed by atoms with Gasteiger partial charge in [-0.15, -0.1) is 0 Å². The van der Waals surface area contributed by atoms with E-state index in [1.54, 1.807) is 12.1 Å². The number of pyridine rings is 1. The quantitative estimate of drug-likeness (QED) is 0.319. The highest BCUT2D eigenvalue weighted by molar-refractivity contribution is 7.85. The van der Waals surface area contributed by atoms with Crippen LogP contribution in [0.1, 0.15) is 82.4 Å². The second-order valence-corrected chi connectivity index (χ2v) is 13.4. The van der Waals surface area contributed by atoms with Crippen LogP contribution in [0.2, 0.25) is 0 Å². The largest absolute Gasteiger partial charge is 0.451 e. The van der Waals surface area contributed by atoms with Gasteiger partial charge in [-0.1, -0.05) is 17.7 Å².